The molecule has 1 amide bonds. The van der Waals surface area contributed by atoms with Crippen LogP contribution < -0.4 is 26.2 Å². The zero-order valence-corrected chi connectivity index (χ0v) is 16.1. The largest absolute Gasteiger partial charge is 0.484 e. The predicted molar refractivity (Wildman–Crippen MR) is 109 cm³/mol. The zero-order chi connectivity index (χ0) is 18.1. The summed E-state index contributed by atoms with van der Waals surface area (Å²) in [7, 11) is 0. The molecule has 0 saturated carbocycles. The van der Waals surface area contributed by atoms with Gasteiger partial charge < -0.3 is 10.1 Å². The van der Waals surface area contributed by atoms with Gasteiger partial charge in [0.25, 0.3) is 5.91 Å². The number of carbonyl (C=O) groups is 1. The van der Waals surface area contributed by atoms with Gasteiger partial charge in [-0.15, -0.1) is 0 Å². The zero-order valence-electron chi connectivity index (χ0n) is 12.9. The Morgan fingerprint density at radius 2 is 1.60 bits per heavy atom. The summed E-state index contributed by atoms with van der Waals surface area (Å²) in [6, 6.07) is 16.6. The van der Waals surface area contributed by atoms with Gasteiger partial charge in [0.1, 0.15) is 5.75 Å². The van der Waals surface area contributed by atoms with Crippen molar-refractivity contribution in [2.24, 2.45) is 0 Å². The van der Waals surface area contributed by atoms with E-state index >= 15 is 0 Å². The van der Waals surface area contributed by atoms with Crippen molar-refractivity contribution in [3.63, 3.8) is 0 Å². The van der Waals surface area contributed by atoms with Gasteiger partial charge in [-0.1, -0.05) is 34.1 Å². The van der Waals surface area contributed by atoms with Crippen molar-refractivity contribution < 1.29 is 9.53 Å². The second kappa shape index (κ2) is 9.92. The molecule has 0 spiro atoms. The number of rotatable bonds is 4. The Morgan fingerprint density at radius 3 is 2.28 bits per heavy atom. The molecule has 0 heterocycles. The number of nitrogens with one attached hydrogen (secondary N) is 4. The number of hydrazine groups is 1. The molecule has 2 aromatic carbocycles. The fraction of sp³-hybridized carbons (Fsp3) is 0.0625. The van der Waals surface area contributed by atoms with Crippen molar-refractivity contribution in [3.05, 3.63) is 59.1 Å². The van der Waals surface area contributed by atoms with Gasteiger partial charge in [-0.3, -0.25) is 21.0 Å². The highest BCUT2D eigenvalue weighted by Crippen LogP contribution is 2.15. The van der Waals surface area contributed by atoms with Gasteiger partial charge in [0.15, 0.2) is 16.8 Å². The predicted octanol–water partition coefficient (Wildman–Crippen LogP) is 2.72. The van der Waals surface area contributed by atoms with E-state index in [-0.39, 0.29) is 17.6 Å². The van der Waals surface area contributed by atoms with Crippen LogP contribution >= 0.6 is 40.4 Å². The summed E-state index contributed by atoms with van der Waals surface area (Å²) in [6.07, 6.45) is 0. The molecule has 25 heavy (non-hydrogen) atoms. The van der Waals surface area contributed by atoms with E-state index in [0.29, 0.717) is 10.9 Å². The highest BCUT2D eigenvalue weighted by molar-refractivity contribution is 9.10. The molecule has 0 aromatic heterocycles. The topological polar surface area (TPSA) is 74.4 Å². The summed E-state index contributed by atoms with van der Waals surface area (Å²) in [4.78, 5) is 11.8. The molecule has 0 aliphatic rings. The molecule has 6 nitrogen and oxygen atoms in total. The van der Waals surface area contributed by atoms with Crippen LogP contribution in [0.15, 0.2) is 59.1 Å². The van der Waals surface area contributed by atoms with Crippen molar-refractivity contribution in [2.75, 3.05) is 11.9 Å². The summed E-state index contributed by atoms with van der Waals surface area (Å²) in [5, 5.41) is 5.84. The van der Waals surface area contributed by atoms with E-state index in [4.69, 9.17) is 29.2 Å². The van der Waals surface area contributed by atoms with Crippen LogP contribution in [-0.4, -0.2) is 22.7 Å². The van der Waals surface area contributed by atoms with Crippen molar-refractivity contribution >= 4 is 62.2 Å². The molecule has 0 aliphatic carbocycles. The van der Waals surface area contributed by atoms with Crippen LogP contribution in [0, 0.1) is 0 Å². The molecule has 130 valence electrons. The van der Waals surface area contributed by atoms with E-state index in [1.54, 1.807) is 12.1 Å². The average molecular weight is 439 g/mol. The molecule has 0 bridgehead atoms. The number of anilines is 1. The number of carbonyl (C=O) groups excluding carboxylic acids is 1. The van der Waals surface area contributed by atoms with E-state index in [0.717, 1.165) is 10.2 Å². The van der Waals surface area contributed by atoms with Crippen LogP contribution in [0.3, 0.4) is 0 Å². The normalized spacial score (nSPS) is 9.64. The number of amides is 1. The SMILES string of the molecule is O=C(COc1ccc(Br)cc1)NC(=S)NNC(=S)Nc1ccccc1. The van der Waals surface area contributed by atoms with Crippen LogP contribution in [0.4, 0.5) is 5.69 Å². The first kappa shape index (κ1) is 19.1. The Kier molecular flexibility index (Phi) is 7.58. The van der Waals surface area contributed by atoms with Crippen molar-refractivity contribution in [2.45, 2.75) is 0 Å². The van der Waals surface area contributed by atoms with Crippen molar-refractivity contribution in [1.82, 2.24) is 16.2 Å². The maximum Gasteiger partial charge on any atom is 0.264 e. The summed E-state index contributed by atoms with van der Waals surface area (Å²) in [6.45, 7) is -0.157. The second-order valence-corrected chi connectivity index (χ2v) is 6.42. The molecule has 9 heteroatoms. The quantitative estimate of drug-likeness (QED) is 0.431. The number of thiocarbonyl (C=S) groups is 2. The van der Waals surface area contributed by atoms with E-state index in [1.807, 2.05) is 42.5 Å². The fourth-order valence-corrected chi connectivity index (χ4v) is 2.27. The average Bonchev–Trinajstić information content (AvgIpc) is 2.60. The first-order valence-electron chi connectivity index (χ1n) is 7.13. The molecule has 0 aliphatic heterocycles. The van der Waals surface area contributed by atoms with Gasteiger partial charge in [0.05, 0.1) is 0 Å². The minimum absolute atomic E-state index is 0.0848. The maximum atomic E-state index is 11.8. The Hall–Kier alpha value is -2.23. The maximum absolute atomic E-state index is 11.8. The first-order chi connectivity index (χ1) is 12.0. The molecule has 0 radical (unpaired) electrons. The lowest BCUT2D eigenvalue weighted by Gasteiger charge is -2.14. The van der Waals surface area contributed by atoms with E-state index in [1.165, 1.54) is 0 Å². The first-order valence-corrected chi connectivity index (χ1v) is 8.74. The summed E-state index contributed by atoms with van der Waals surface area (Å²) in [5.74, 6) is 0.202. The number of ether oxygens (including phenoxy) is 1. The summed E-state index contributed by atoms with van der Waals surface area (Å²) in [5.41, 5.74) is 6.14. The van der Waals surface area contributed by atoms with Gasteiger partial charge in [-0.2, -0.15) is 0 Å². The molecule has 2 rings (SSSR count). The highest BCUT2D eigenvalue weighted by Gasteiger charge is 2.06. The molecule has 0 unspecified atom stereocenters. The molecule has 0 fully saturated rings. The van der Waals surface area contributed by atoms with E-state index < -0.39 is 0 Å². The Bertz CT molecular complexity index is 742. The molecule has 2 aromatic rings. The number of para-hydroxylation sites is 1. The minimum atomic E-state index is -0.385. The van der Waals surface area contributed by atoms with E-state index in [9.17, 15) is 4.79 Å². The molecule has 0 atom stereocenters. The minimum Gasteiger partial charge on any atom is -0.484 e. The van der Waals surface area contributed by atoms with Crippen molar-refractivity contribution in [1.29, 1.82) is 0 Å². The fourth-order valence-electron chi connectivity index (χ4n) is 1.67. The lowest BCUT2D eigenvalue weighted by Crippen LogP contribution is -2.50. The van der Waals surface area contributed by atoms with Gasteiger partial charge in [0, 0.05) is 10.2 Å². The van der Waals surface area contributed by atoms with Crippen LogP contribution in [0.5, 0.6) is 5.75 Å². The lowest BCUT2D eigenvalue weighted by atomic mass is 10.3. The second-order valence-electron chi connectivity index (χ2n) is 4.69. The van der Waals surface area contributed by atoms with Gasteiger partial charge in [0.2, 0.25) is 0 Å². The molecule has 0 saturated heterocycles. The number of hydrogen-bond donors (Lipinski definition) is 4. The van der Waals surface area contributed by atoms with Crippen LogP contribution in [0.25, 0.3) is 0 Å². The molecular weight excluding hydrogens is 424 g/mol. The highest BCUT2D eigenvalue weighted by atomic mass is 79.9. The monoisotopic (exact) mass is 438 g/mol. The van der Waals surface area contributed by atoms with Crippen LogP contribution in [0.2, 0.25) is 0 Å². The smallest absolute Gasteiger partial charge is 0.264 e. The number of halogens is 1. The van der Waals surface area contributed by atoms with Gasteiger partial charge in [-0.05, 0) is 60.8 Å². The third-order valence-corrected chi connectivity index (χ3v) is 3.69. The van der Waals surface area contributed by atoms with Crippen LogP contribution in [-0.2, 0) is 4.79 Å². The standard InChI is InChI=1S/C16H15BrN4O2S2/c17-11-6-8-13(9-7-11)23-10-14(22)19-16(25)21-20-15(24)18-12-4-2-1-3-5-12/h1-9H,10H2,(H2,18,20,24)(H2,19,21,22,25). The van der Waals surface area contributed by atoms with Crippen molar-refractivity contribution in [3.8, 4) is 5.75 Å². The summed E-state index contributed by atoms with van der Waals surface area (Å²) < 4.78 is 6.28. The van der Waals surface area contributed by atoms with Gasteiger partial charge in [-0.25, -0.2) is 0 Å². The Morgan fingerprint density at radius 1 is 0.960 bits per heavy atom. The third kappa shape index (κ3) is 7.46. The molecule has 4 N–H and O–H groups in total. The lowest BCUT2D eigenvalue weighted by molar-refractivity contribution is -0.121. The number of benzene rings is 2. The molecular formula is C16H15BrN4O2S2. The third-order valence-electron chi connectivity index (χ3n) is 2.76. The Balaban J connectivity index is 1.66. The van der Waals surface area contributed by atoms with Gasteiger partial charge >= 0.3 is 0 Å². The summed E-state index contributed by atoms with van der Waals surface area (Å²) >= 11 is 13.4. The number of hydrogen-bond acceptors (Lipinski definition) is 4. The van der Waals surface area contributed by atoms with Crippen LogP contribution in [0.1, 0.15) is 0 Å². The van der Waals surface area contributed by atoms with E-state index in [2.05, 4.69) is 37.4 Å². The Labute approximate surface area is 164 Å².